The van der Waals surface area contributed by atoms with Crippen LogP contribution in [0.1, 0.15) is 26.0 Å². The fraction of sp³-hybridized carbons (Fsp3) is 0.615. The number of aromatic nitrogens is 1. The highest BCUT2D eigenvalue weighted by molar-refractivity contribution is 6.31. The van der Waals surface area contributed by atoms with E-state index in [4.69, 9.17) is 22.2 Å². The van der Waals surface area contributed by atoms with Crippen molar-refractivity contribution in [1.82, 2.24) is 9.88 Å². The molecule has 1 aromatic rings. The molecule has 0 aromatic carbocycles. The number of nitrogens with one attached hydrogen (secondary N) is 1. The van der Waals surface area contributed by atoms with Crippen molar-refractivity contribution in [1.29, 1.82) is 0 Å². The molecule has 0 aliphatic carbocycles. The van der Waals surface area contributed by atoms with Crippen LogP contribution < -0.4 is 11.3 Å². The van der Waals surface area contributed by atoms with E-state index in [9.17, 15) is 0 Å². The van der Waals surface area contributed by atoms with E-state index in [0.717, 1.165) is 31.8 Å². The van der Waals surface area contributed by atoms with Crippen molar-refractivity contribution in [3.8, 4) is 0 Å². The average molecular weight is 285 g/mol. The summed E-state index contributed by atoms with van der Waals surface area (Å²) < 4.78 is 5.70. The number of nitrogens with two attached hydrogens (primary N) is 1. The minimum atomic E-state index is 0.248. The Hall–Kier alpha value is -0.880. The summed E-state index contributed by atoms with van der Waals surface area (Å²) in [5.41, 5.74) is 3.40. The molecule has 6 heteroatoms. The molecule has 1 aliphatic rings. The van der Waals surface area contributed by atoms with Gasteiger partial charge in [-0.25, -0.2) is 10.8 Å². The quantitative estimate of drug-likeness (QED) is 0.654. The zero-order valence-corrected chi connectivity index (χ0v) is 12.2. The lowest BCUT2D eigenvalue weighted by molar-refractivity contribution is -0.0595. The minimum Gasteiger partial charge on any atom is -0.376 e. The van der Waals surface area contributed by atoms with E-state index in [1.54, 1.807) is 6.07 Å². The predicted molar refractivity (Wildman–Crippen MR) is 77.0 cm³/mol. The molecule has 19 heavy (non-hydrogen) atoms. The molecule has 2 atom stereocenters. The number of hydrogen-bond acceptors (Lipinski definition) is 5. The van der Waals surface area contributed by atoms with Crippen LogP contribution in [-0.4, -0.2) is 35.2 Å². The first kappa shape index (κ1) is 14.5. The Bertz CT molecular complexity index is 429. The average Bonchev–Trinajstić information content (AvgIpc) is 2.41. The molecule has 5 nitrogen and oxygen atoms in total. The van der Waals surface area contributed by atoms with Gasteiger partial charge in [-0.15, -0.1) is 0 Å². The molecule has 0 radical (unpaired) electrons. The van der Waals surface area contributed by atoms with Gasteiger partial charge in [-0.3, -0.25) is 4.90 Å². The zero-order chi connectivity index (χ0) is 13.8. The fourth-order valence-electron chi connectivity index (χ4n) is 2.35. The molecule has 106 valence electrons. The van der Waals surface area contributed by atoms with E-state index in [1.807, 2.05) is 6.07 Å². The Morgan fingerprint density at radius 2 is 2.37 bits per heavy atom. The van der Waals surface area contributed by atoms with Crippen LogP contribution in [0.15, 0.2) is 12.1 Å². The second-order valence-electron chi connectivity index (χ2n) is 4.90. The summed E-state index contributed by atoms with van der Waals surface area (Å²) in [6.07, 6.45) is 1.30. The maximum absolute atomic E-state index is 6.21. The van der Waals surface area contributed by atoms with Gasteiger partial charge in [0.2, 0.25) is 0 Å². The third kappa shape index (κ3) is 3.57. The molecule has 1 aromatic heterocycles. The Balaban J connectivity index is 2.14. The van der Waals surface area contributed by atoms with Gasteiger partial charge in [-0.05, 0) is 25.5 Å². The number of halogens is 1. The van der Waals surface area contributed by atoms with Gasteiger partial charge < -0.3 is 10.2 Å². The normalized spacial score (nSPS) is 24.4. The first-order chi connectivity index (χ1) is 9.13. The van der Waals surface area contributed by atoms with Crippen molar-refractivity contribution in [2.75, 3.05) is 18.6 Å². The lowest BCUT2D eigenvalue weighted by atomic mass is 10.1. The fourth-order valence-corrected chi connectivity index (χ4v) is 2.52. The van der Waals surface area contributed by atoms with Gasteiger partial charge >= 0.3 is 0 Å². The maximum Gasteiger partial charge on any atom is 0.140 e. The van der Waals surface area contributed by atoms with Crippen molar-refractivity contribution < 1.29 is 4.74 Å². The summed E-state index contributed by atoms with van der Waals surface area (Å²) in [7, 11) is 0. The second-order valence-corrected chi connectivity index (χ2v) is 5.31. The topological polar surface area (TPSA) is 63.4 Å². The molecular formula is C13H21ClN4O. The number of hydrazine groups is 1. The van der Waals surface area contributed by atoms with Gasteiger partial charge in [-0.2, -0.15) is 0 Å². The molecule has 1 fully saturated rings. The molecule has 0 bridgehead atoms. The monoisotopic (exact) mass is 284 g/mol. The summed E-state index contributed by atoms with van der Waals surface area (Å²) >= 11 is 6.21. The third-order valence-corrected chi connectivity index (χ3v) is 3.82. The van der Waals surface area contributed by atoms with Crippen LogP contribution in [0.5, 0.6) is 0 Å². The lowest BCUT2D eigenvalue weighted by Gasteiger charge is -2.38. The van der Waals surface area contributed by atoms with Crippen molar-refractivity contribution in [2.24, 2.45) is 5.84 Å². The SMILES string of the molecule is CCC1COC(C)CN1Cc1nc(NN)ccc1Cl. The van der Waals surface area contributed by atoms with Crippen LogP contribution in [0.3, 0.4) is 0 Å². The van der Waals surface area contributed by atoms with Crippen LogP contribution >= 0.6 is 11.6 Å². The number of ether oxygens (including phenoxy) is 1. The van der Waals surface area contributed by atoms with Crippen molar-refractivity contribution in [3.05, 3.63) is 22.8 Å². The minimum absolute atomic E-state index is 0.248. The largest absolute Gasteiger partial charge is 0.376 e. The highest BCUT2D eigenvalue weighted by atomic mass is 35.5. The molecule has 0 saturated carbocycles. The van der Waals surface area contributed by atoms with Crippen LogP contribution in [0.2, 0.25) is 5.02 Å². The zero-order valence-electron chi connectivity index (χ0n) is 11.4. The molecular weight excluding hydrogens is 264 g/mol. The van der Waals surface area contributed by atoms with E-state index in [-0.39, 0.29) is 6.10 Å². The van der Waals surface area contributed by atoms with E-state index in [2.05, 4.69) is 29.2 Å². The number of nitrogen functional groups attached to an aromatic ring is 1. The van der Waals surface area contributed by atoms with Gasteiger partial charge in [0.1, 0.15) is 5.82 Å². The molecule has 1 saturated heterocycles. The highest BCUT2D eigenvalue weighted by Crippen LogP contribution is 2.22. The number of hydrogen-bond donors (Lipinski definition) is 2. The Kier molecular flexibility index (Phi) is 4.99. The van der Waals surface area contributed by atoms with Gasteiger partial charge in [0.15, 0.2) is 0 Å². The molecule has 1 aliphatic heterocycles. The molecule has 0 amide bonds. The van der Waals surface area contributed by atoms with E-state index < -0.39 is 0 Å². The van der Waals surface area contributed by atoms with E-state index >= 15 is 0 Å². The Morgan fingerprint density at radius 1 is 1.58 bits per heavy atom. The van der Waals surface area contributed by atoms with Crippen molar-refractivity contribution in [3.63, 3.8) is 0 Å². The second kappa shape index (κ2) is 6.52. The molecule has 2 rings (SSSR count). The number of pyridine rings is 1. The first-order valence-corrected chi connectivity index (χ1v) is 6.99. The van der Waals surface area contributed by atoms with Crippen molar-refractivity contribution in [2.45, 2.75) is 39.0 Å². The molecule has 3 N–H and O–H groups in total. The number of morpholine rings is 1. The predicted octanol–water partition coefficient (Wildman–Crippen LogP) is 2.02. The number of nitrogens with zero attached hydrogens (tertiary/aromatic N) is 2. The summed E-state index contributed by atoms with van der Waals surface area (Å²) in [5.74, 6) is 6.02. The maximum atomic E-state index is 6.21. The summed E-state index contributed by atoms with van der Waals surface area (Å²) in [6.45, 7) is 6.65. The summed E-state index contributed by atoms with van der Waals surface area (Å²) in [5, 5.41) is 0.674. The smallest absolute Gasteiger partial charge is 0.140 e. The molecule has 2 unspecified atom stereocenters. The number of rotatable bonds is 4. The van der Waals surface area contributed by atoms with E-state index in [0.29, 0.717) is 16.9 Å². The van der Waals surface area contributed by atoms with Crippen LogP contribution in [-0.2, 0) is 11.3 Å². The van der Waals surface area contributed by atoms with Crippen LogP contribution in [0.4, 0.5) is 5.82 Å². The molecule has 2 heterocycles. The van der Waals surface area contributed by atoms with Gasteiger partial charge in [0.25, 0.3) is 0 Å². The van der Waals surface area contributed by atoms with Crippen molar-refractivity contribution >= 4 is 17.4 Å². The Labute approximate surface area is 119 Å². The summed E-state index contributed by atoms with van der Waals surface area (Å²) in [6, 6.07) is 4.01. The van der Waals surface area contributed by atoms with Gasteiger partial charge in [0.05, 0.1) is 23.4 Å². The highest BCUT2D eigenvalue weighted by Gasteiger charge is 2.26. The number of anilines is 1. The van der Waals surface area contributed by atoms with Crippen LogP contribution in [0, 0.1) is 0 Å². The van der Waals surface area contributed by atoms with Crippen LogP contribution in [0.25, 0.3) is 0 Å². The first-order valence-electron chi connectivity index (χ1n) is 6.61. The van der Waals surface area contributed by atoms with Gasteiger partial charge in [-0.1, -0.05) is 18.5 Å². The van der Waals surface area contributed by atoms with Gasteiger partial charge in [0, 0.05) is 19.1 Å². The van der Waals surface area contributed by atoms with E-state index in [1.165, 1.54) is 0 Å². The third-order valence-electron chi connectivity index (χ3n) is 3.47. The molecule has 0 spiro atoms. The standard InChI is InChI=1S/C13H21ClN4O/c1-3-10-8-19-9(2)6-18(10)7-12-11(14)4-5-13(16-12)17-15/h4-5,9-10H,3,6-8,15H2,1-2H3,(H,16,17). The summed E-state index contributed by atoms with van der Waals surface area (Å²) in [4.78, 5) is 6.81. The Morgan fingerprint density at radius 3 is 3.05 bits per heavy atom. The lowest BCUT2D eigenvalue weighted by Crippen LogP contribution is -2.48.